The number of methoxy groups -OCH3 is 1. The van der Waals surface area contributed by atoms with Crippen LogP contribution in [0.1, 0.15) is 103 Å². The first kappa shape index (κ1) is 44.5. The maximum atomic E-state index is 13.9. The summed E-state index contributed by atoms with van der Waals surface area (Å²) in [6.07, 6.45) is 13.6. The largest absolute Gasteiger partial charge is 0.494 e. The summed E-state index contributed by atoms with van der Waals surface area (Å²) < 4.78 is 20.6. The smallest absolute Gasteiger partial charge is 0.240 e. The maximum absolute atomic E-state index is 13.9. The lowest BCUT2D eigenvalue weighted by atomic mass is 9.95. The van der Waals surface area contributed by atoms with E-state index in [-0.39, 0.29) is 47.9 Å². The Labute approximate surface area is 380 Å². The fourth-order valence-electron chi connectivity index (χ4n) is 9.90. The van der Waals surface area contributed by atoms with E-state index in [1.807, 2.05) is 49.9 Å². The topological polar surface area (TPSA) is 189 Å². The lowest BCUT2D eigenvalue weighted by Crippen LogP contribution is -2.52. The third-order valence-corrected chi connectivity index (χ3v) is 13.5. The summed E-state index contributed by atoms with van der Waals surface area (Å²) in [6.45, 7) is 11.9. The molecule has 0 saturated carbocycles. The molecule has 6 heterocycles. The van der Waals surface area contributed by atoms with Gasteiger partial charge in [0.25, 0.3) is 0 Å². The summed E-state index contributed by atoms with van der Waals surface area (Å²) in [4.78, 5) is 47.7. The number of nitrogens with zero attached hydrogens (tertiary/aromatic N) is 5. The van der Waals surface area contributed by atoms with Gasteiger partial charge in [-0.15, -0.1) is 0 Å². The highest BCUT2D eigenvalue weighted by molar-refractivity contribution is 5.92. The molecule has 6 N–H and O–H groups in total. The first-order valence-electron chi connectivity index (χ1n) is 23.3. The number of rotatable bonds is 15. The van der Waals surface area contributed by atoms with Gasteiger partial charge in [0.05, 0.1) is 65.8 Å². The Morgan fingerprint density at radius 3 is 2.23 bits per heavy atom. The fourth-order valence-corrected chi connectivity index (χ4v) is 9.90. The summed E-state index contributed by atoms with van der Waals surface area (Å²) in [5.41, 5.74) is 13.0. The molecule has 7 atom stereocenters. The van der Waals surface area contributed by atoms with E-state index in [0.29, 0.717) is 19.7 Å². The van der Waals surface area contributed by atoms with Crippen LogP contribution in [0.2, 0.25) is 0 Å². The van der Waals surface area contributed by atoms with Crippen molar-refractivity contribution < 1.29 is 28.9 Å². The number of hydrogen-bond acceptors (Lipinski definition) is 10. The van der Waals surface area contributed by atoms with Gasteiger partial charge in [-0.1, -0.05) is 52.8 Å². The number of nitrogens with two attached hydrogens (primary N) is 1. The van der Waals surface area contributed by atoms with Crippen LogP contribution in [0.5, 0.6) is 5.75 Å². The minimum absolute atomic E-state index is 0.00460. The number of aliphatic hydroxyl groups excluding tert-OH is 1. The molecule has 4 aliphatic rings. The minimum atomic E-state index is -1.24. The van der Waals surface area contributed by atoms with Crippen molar-refractivity contribution >= 4 is 22.7 Å². The first-order valence-corrected chi connectivity index (χ1v) is 23.3. The molecule has 2 aromatic carbocycles. The summed E-state index contributed by atoms with van der Waals surface area (Å²) >= 11 is 0. The lowest BCUT2D eigenvalue weighted by Gasteiger charge is -2.35. The van der Waals surface area contributed by atoms with Crippen LogP contribution in [0.15, 0.2) is 78.8 Å². The molecule has 3 aromatic heterocycles. The van der Waals surface area contributed by atoms with Crippen LogP contribution in [0.4, 0.5) is 0 Å². The van der Waals surface area contributed by atoms with Crippen LogP contribution < -0.4 is 15.8 Å². The number of carbonyl (C=O) groups is 2. The number of carbonyl (C=O) groups excluding carboxylic acids is 2. The Hall–Kier alpha value is -5.74. The zero-order valence-corrected chi connectivity index (χ0v) is 38.3. The molecule has 3 aliphatic heterocycles. The number of hydrogen-bond donors (Lipinski definition) is 5. The molecule has 0 spiro atoms. The number of H-pyrrole nitrogens is 2. The van der Waals surface area contributed by atoms with Crippen LogP contribution in [0, 0.1) is 17.8 Å². The standard InChI is InChI=1S/C50H63N9O6/c1-7-21-64-34-12-8-11-32(23-34)49-59-38-18-16-30(36-26-52-46(54-36)40-14-10-20-58(40)48(61)44(29(4)5)56-50(62)63-6)22-33(38)24-41(59)35-17-15-31(25-42(35)65-49)37-27-53-45(55-37)39-13-9-19-57(39)47(60)43(51)28(2)3/h8,12,15-18,22-29,32,39-40,43-44,49-50,56,62H,7,9-11,13-14,19-21,51H2,1-6H3,(H,52,54)(H,53,55). The highest BCUT2D eigenvalue weighted by atomic mass is 16.6. The van der Waals surface area contributed by atoms with Gasteiger partial charge in [0.15, 0.2) is 6.23 Å². The summed E-state index contributed by atoms with van der Waals surface area (Å²) in [7, 11) is 1.40. The van der Waals surface area contributed by atoms with Crippen molar-refractivity contribution in [1.29, 1.82) is 0 Å². The molecule has 7 unspecified atom stereocenters. The average Bonchev–Trinajstić information content (AvgIpc) is 4.17. The molecule has 15 heteroatoms. The Morgan fingerprint density at radius 2 is 1.58 bits per heavy atom. The van der Waals surface area contributed by atoms with E-state index < -0.39 is 18.5 Å². The highest BCUT2D eigenvalue weighted by Crippen LogP contribution is 2.48. The van der Waals surface area contributed by atoms with Crippen molar-refractivity contribution in [1.82, 2.24) is 39.6 Å². The predicted molar refractivity (Wildman–Crippen MR) is 249 cm³/mol. The zero-order valence-electron chi connectivity index (χ0n) is 38.3. The minimum Gasteiger partial charge on any atom is -0.494 e. The lowest BCUT2D eigenvalue weighted by molar-refractivity contribution is -0.145. The molecule has 2 fully saturated rings. The molecule has 0 radical (unpaired) electrons. The molecule has 5 aromatic rings. The number of imidazole rings is 2. The average molecular weight is 886 g/mol. The molecule has 65 heavy (non-hydrogen) atoms. The number of ether oxygens (including phenoxy) is 3. The number of likely N-dealkylation sites (tertiary alicyclic amines) is 2. The molecule has 344 valence electrons. The number of nitrogens with one attached hydrogen (secondary N) is 3. The molecule has 0 bridgehead atoms. The van der Waals surface area contributed by atoms with E-state index in [2.05, 4.69) is 87.5 Å². The number of amides is 2. The number of benzene rings is 2. The van der Waals surface area contributed by atoms with Crippen LogP contribution in [-0.4, -0.2) is 96.5 Å². The van der Waals surface area contributed by atoms with Crippen LogP contribution in [0.25, 0.3) is 44.7 Å². The Kier molecular flexibility index (Phi) is 12.7. The van der Waals surface area contributed by atoms with Crippen molar-refractivity contribution in [2.24, 2.45) is 23.5 Å². The third kappa shape index (κ3) is 8.62. The van der Waals surface area contributed by atoms with Crippen LogP contribution >= 0.6 is 0 Å². The number of aromatic nitrogens is 5. The van der Waals surface area contributed by atoms with Crippen molar-refractivity contribution in [2.45, 2.75) is 110 Å². The van der Waals surface area contributed by atoms with Crippen LogP contribution in [-0.2, 0) is 19.1 Å². The summed E-state index contributed by atoms with van der Waals surface area (Å²) in [6, 6.07) is 13.5. The van der Waals surface area contributed by atoms with E-state index in [0.717, 1.165) is 106 Å². The summed E-state index contributed by atoms with van der Waals surface area (Å²) in [5.74, 6) is 3.01. The predicted octanol–water partition coefficient (Wildman–Crippen LogP) is 7.71. The van der Waals surface area contributed by atoms with E-state index >= 15 is 0 Å². The third-order valence-electron chi connectivity index (χ3n) is 13.5. The monoisotopic (exact) mass is 885 g/mol. The molecule has 15 nitrogen and oxygen atoms in total. The molecule has 9 rings (SSSR count). The van der Waals surface area contributed by atoms with Gasteiger partial charge in [-0.3, -0.25) is 14.9 Å². The van der Waals surface area contributed by atoms with Gasteiger partial charge in [0.1, 0.15) is 23.2 Å². The zero-order chi connectivity index (χ0) is 45.5. The van der Waals surface area contributed by atoms with Gasteiger partial charge in [0.2, 0.25) is 18.2 Å². The van der Waals surface area contributed by atoms with E-state index in [1.54, 1.807) is 0 Å². The maximum Gasteiger partial charge on any atom is 0.240 e. The highest BCUT2D eigenvalue weighted by Gasteiger charge is 2.39. The second-order valence-electron chi connectivity index (χ2n) is 18.6. The number of aliphatic hydroxyl groups is 1. The number of allylic oxidation sites excluding steroid dienone is 2. The Morgan fingerprint density at radius 1 is 0.923 bits per heavy atom. The quantitative estimate of drug-likeness (QED) is 0.0652. The van der Waals surface area contributed by atoms with Crippen molar-refractivity contribution in [3.63, 3.8) is 0 Å². The second-order valence-corrected chi connectivity index (χ2v) is 18.6. The summed E-state index contributed by atoms with van der Waals surface area (Å²) in [5, 5.41) is 14.1. The van der Waals surface area contributed by atoms with E-state index in [9.17, 15) is 14.7 Å². The number of fused-ring (bicyclic) bond motifs is 5. The fraction of sp³-hybridized carbons (Fsp3) is 0.480. The molecular weight excluding hydrogens is 823 g/mol. The van der Waals surface area contributed by atoms with Gasteiger partial charge < -0.3 is 49.4 Å². The normalized spacial score (nSPS) is 22.0. The number of aromatic amines is 2. The van der Waals surface area contributed by atoms with E-state index in [1.165, 1.54) is 7.11 Å². The van der Waals surface area contributed by atoms with Crippen molar-refractivity contribution in [3.05, 3.63) is 90.5 Å². The van der Waals surface area contributed by atoms with E-state index in [4.69, 9.17) is 29.9 Å². The van der Waals surface area contributed by atoms with Crippen LogP contribution in [0.3, 0.4) is 0 Å². The van der Waals surface area contributed by atoms with Gasteiger partial charge in [0, 0.05) is 48.2 Å². The molecule has 2 saturated heterocycles. The van der Waals surface area contributed by atoms with Crippen molar-refractivity contribution in [2.75, 3.05) is 26.8 Å². The first-order chi connectivity index (χ1) is 31.4. The Balaban J connectivity index is 1.03. The molecular formula is C50H63N9O6. The van der Waals surface area contributed by atoms with Crippen molar-refractivity contribution in [3.8, 4) is 39.5 Å². The van der Waals surface area contributed by atoms with Gasteiger partial charge in [-0.25, -0.2) is 9.97 Å². The molecule has 2 amide bonds. The van der Waals surface area contributed by atoms with Gasteiger partial charge in [-0.05, 0) is 92.8 Å². The second kappa shape index (κ2) is 18.6. The Bertz CT molecular complexity index is 2590. The SMILES string of the molecule is CCCOC1=CC(C2Oc3cc(-c4cnc(C5CCCN5C(=O)C(N)C(C)C)[nH]4)ccc3-c3cc4cc(-c5cnc(C6CCCN6C(=O)C(NC(O)OC)C(C)C)[nH]5)ccc4n32)CC=C1. The van der Waals surface area contributed by atoms with Gasteiger partial charge in [-0.2, -0.15) is 0 Å². The van der Waals surface area contributed by atoms with Gasteiger partial charge >= 0.3 is 0 Å². The molecule has 1 aliphatic carbocycles.